The summed E-state index contributed by atoms with van der Waals surface area (Å²) in [5, 5.41) is 3.45. The molecular weight excluding hydrogens is 184 g/mol. The summed E-state index contributed by atoms with van der Waals surface area (Å²) >= 11 is 0. The fraction of sp³-hybridized carbons (Fsp3) is 1.00. The molecule has 2 heterocycles. The minimum Gasteiger partial charge on any atom is -0.317 e. The highest BCUT2D eigenvalue weighted by atomic mass is 15.1. The summed E-state index contributed by atoms with van der Waals surface area (Å²) in [4.78, 5) is 2.51. The van der Waals surface area contributed by atoms with E-state index in [4.69, 9.17) is 0 Å². The van der Waals surface area contributed by atoms with Crippen molar-refractivity contribution in [2.45, 2.75) is 46.0 Å². The second-order valence-corrected chi connectivity index (χ2v) is 5.30. The lowest BCUT2D eigenvalue weighted by molar-refractivity contribution is 0.0757. The van der Waals surface area contributed by atoms with Crippen molar-refractivity contribution in [1.29, 1.82) is 0 Å². The first-order valence-electron chi connectivity index (χ1n) is 6.62. The molecular formula is C13H28N2. The summed E-state index contributed by atoms with van der Waals surface area (Å²) < 4.78 is 0. The van der Waals surface area contributed by atoms with Gasteiger partial charge in [-0.05, 0) is 57.8 Å². The number of likely N-dealkylation sites (tertiary alicyclic amines) is 1. The Bertz CT molecular complexity index is 156. The summed E-state index contributed by atoms with van der Waals surface area (Å²) in [6, 6.07) is 0. The second kappa shape index (κ2) is 6.49. The van der Waals surface area contributed by atoms with Crippen LogP contribution in [-0.2, 0) is 0 Å². The summed E-state index contributed by atoms with van der Waals surface area (Å²) in [5.74, 6) is 0. The topological polar surface area (TPSA) is 15.3 Å². The Morgan fingerprint density at radius 3 is 2.27 bits per heavy atom. The molecule has 0 aliphatic carbocycles. The lowest BCUT2D eigenvalue weighted by atomic mass is 9.73. The van der Waals surface area contributed by atoms with Gasteiger partial charge in [-0.1, -0.05) is 20.3 Å². The molecule has 0 aromatic heterocycles. The maximum atomic E-state index is 3.45. The molecule has 0 unspecified atom stereocenters. The molecule has 2 nitrogen and oxygen atoms in total. The highest BCUT2D eigenvalue weighted by Crippen LogP contribution is 2.37. The Labute approximate surface area is 95.4 Å². The third-order valence-corrected chi connectivity index (χ3v) is 3.52. The van der Waals surface area contributed by atoms with Crippen molar-refractivity contribution in [3.8, 4) is 0 Å². The van der Waals surface area contributed by atoms with Crippen LogP contribution in [0.2, 0.25) is 0 Å². The molecule has 1 N–H and O–H groups in total. The van der Waals surface area contributed by atoms with E-state index in [2.05, 4.69) is 31.1 Å². The average Bonchev–Trinajstić information content (AvgIpc) is 2.19. The minimum absolute atomic E-state index is 0.693. The monoisotopic (exact) mass is 212 g/mol. The van der Waals surface area contributed by atoms with Gasteiger partial charge in [-0.2, -0.15) is 0 Å². The summed E-state index contributed by atoms with van der Waals surface area (Å²) in [6.45, 7) is 9.39. The second-order valence-electron chi connectivity index (χ2n) is 5.30. The molecule has 1 spiro atoms. The first-order chi connectivity index (χ1) is 7.22. The zero-order valence-electron chi connectivity index (χ0n) is 10.8. The van der Waals surface area contributed by atoms with Gasteiger partial charge in [-0.15, -0.1) is 0 Å². The lowest BCUT2D eigenvalue weighted by Gasteiger charge is -2.44. The molecule has 2 rings (SSSR count). The predicted octanol–water partition coefficient (Wildman–Crippen LogP) is 2.50. The number of rotatable bonds is 0. The van der Waals surface area contributed by atoms with E-state index in [1.807, 2.05) is 0 Å². The molecule has 0 radical (unpaired) electrons. The van der Waals surface area contributed by atoms with E-state index < -0.39 is 0 Å². The zero-order chi connectivity index (χ0) is 11.1. The maximum Gasteiger partial charge on any atom is 0.00359 e. The zero-order valence-corrected chi connectivity index (χ0v) is 10.8. The van der Waals surface area contributed by atoms with Crippen LogP contribution in [-0.4, -0.2) is 38.1 Å². The normalized spacial score (nSPS) is 25.8. The standard InChI is InChI=1S/C10H20N2.C3H8/c1-12-8-2-3-10(9-12)4-6-11-7-5-10;1-3-2/h11H,2-9H2,1H3;3H2,1-2H3. The SMILES string of the molecule is CCC.CN1CCCC2(CCNCC2)C1. The van der Waals surface area contributed by atoms with Crippen LogP contribution in [0.1, 0.15) is 46.0 Å². The molecule has 0 aromatic carbocycles. The highest BCUT2D eigenvalue weighted by molar-refractivity contribution is 4.89. The van der Waals surface area contributed by atoms with Gasteiger partial charge in [0.25, 0.3) is 0 Å². The van der Waals surface area contributed by atoms with Crippen LogP contribution in [0.5, 0.6) is 0 Å². The summed E-state index contributed by atoms with van der Waals surface area (Å²) in [6.07, 6.45) is 6.93. The number of nitrogens with zero attached hydrogens (tertiary/aromatic N) is 1. The summed E-state index contributed by atoms with van der Waals surface area (Å²) in [7, 11) is 2.27. The number of hydrogen-bond donors (Lipinski definition) is 1. The molecule has 0 saturated carbocycles. The van der Waals surface area contributed by atoms with Gasteiger partial charge in [0.1, 0.15) is 0 Å². The van der Waals surface area contributed by atoms with Crippen molar-refractivity contribution in [1.82, 2.24) is 10.2 Å². The molecule has 0 atom stereocenters. The van der Waals surface area contributed by atoms with E-state index >= 15 is 0 Å². The Morgan fingerprint density at radius 1 is 1.13 bits per heavy atom. The van der Waals surface area contributed by atoms with Crippen molar-refractivity contribution in [3.63, 3.8) is 0 Å². The first kappa shape index (κ1) is 13.0. The molecule has 2 aliphatic rings. The van der Waals surface area contributed by atoms with Gasteiger partial charge in [0.2, 0.25) is 0 Å². The number of piperidine rings is 2. The predicted molar refractivity (Wildman–Crippen MR) is 67.2 cm³/mol. The van der Waals surface area contributed by atoms with Crippen molar-refractivity contribution in [2.75, 3.05) is 33.2 Å². The molecule has 0 amide bonds. The van der Waals surface area contributed by atoms with Crippen LogP contribution in [0.3, 0.4) is 0 Å². The molecule has 0 aromatic rings. The molecule has 2 fully saturated rings. The first-order valence-corrected chi connectivity index (χ1v) is 6.62. The van der Waals surface area contributed by atoms with Crippen LogP contribution < -0.4 is 5.32 Å². The van der Waals surface area contributed by atoms with Crippen LogP contribution in [0, 0.1) is 5.41 Å². The quantitative estimate of drug-likeness (QED) is 0.664. The van der Waals surface area contributed by atoms with Crippen molar-refractivity contribution < 1.29 is 0 Å². The van der Waals surface area contributed by atoms with Crippen LogP contribution >= 0.6 is 0 Å². The van der Waals surface area contributed by atoms with Gasteiger partial charge in [-0.25, -0.2) is 0 Å². The van der Waals surface area contributed by atoms with Gasteiger partial charge < -0.3 is 10.2 Å². The molecule has 2 saturated heterocycles. The maximum absolute atomic E-state index is 3.45. The molecule has 90 valence electrons. The fourth-order valence-electron chi connectivity index (χ4n) is 2.82. The van der Waals surface area contributed by atoms with E-state index in [-0.39, 0.29) is 0 Å². The van der Waals surface area contributed by atoms with E-state index in [1.165, 1.54) is 58.3 Å². The Balaban J connectivity index is 0.000000337. The minimum atomic E-state index is 0.693. The van der Waals surface area contributed by atoms with Crippen molar-refractivity contribution in [2.24, 2.45) is 5.41 Å². The van der Waals surface area contributed by atoms with Crippen LogP contribution in [0.25, 0.3) is 0 Å². The van der Waals surface area contributed by atoms with E-state index in [9.17, 15) is 0 Å². The number of hydrogen-bond acceptors (Lipinski definition) is 2. The van der Waals surface area contributed by atoms with Crippen LogP contribution in [0.4, 0.5) is 0 Å². The van der Waals surface area contributed by atoms with Crippen molar-refractivity contribution >= 4 is 0 Å². The smallest absolute Gasteiger partial charge is 0.00359 e. The van der Waals surface area contributed by atoms with Crippen molar-refractivity contribution in [3.05, 3.63) is 0 Å². The lowest BCUT2D eigenvalue weighted by Crippen LogP contribution is -2.47. The van der Waals surface area contributed by atoms with Gasteiger partial charge in [0, 0.05) is 6.54 Å². The van der Waals surface area contributed by atoms with E-state index in [1.54, 1.807) is 0 Å². The average molecular weight is 212 g/mol. The molecule has 15 heavy (non-hydrogen) atoms. The third kappa shape index (κ3) is 4.12. The highest BCUT2D eigenvalue weighted by Gasteiger charge is 2.34. The van der Waals surface area contributed by atoms with Gasteiger partial charge >= 0.3 is 0 Å². The van der Waals surface area contributed by atoms with Gasteiger partial charge in [0.15, 0.2) is 0 Å². The Hall–Kier alpha value is -0.0800. The van der Waals surface area contributed by atoms with E-state index in [0.717, 1.165) is 0 Å². The molecule has 2 heteroatoms. The van der Waals surface area contributed by atoms with Crippen LogP contribution in [0.15, 0.2) is 0 Å². The van der Waals surface area contributed by atoms with Gasteiger partial charge in [-0.3, -0.25) is 0 Å². The Morgan fingerprint density at radius 2 is 1.73 bits per heavy atom. The van der Waals surface area contributed by atoms with E-state index in [0.29, 0.717) is 5.41 Å². The largest absolute Gasteiger partial charge is 0.317 e. The van der Waals surface area contributed by atoms with Gasteiger partial charge in [0.05, 0.1) is 0 Å². The summed E-state index contributed by atoms with van der Waals surface area (Å²) in [5.41, 5.74) is 0.693. The Kier molecular flexibility index (Phi) is 5.62. The third-order valence-electron chi connectivity index (χ3n) is 3.52. The molecule has 2 aliphatic heterocycles. The molecule has 0 bridgehead atoms. The number of nitrogens with one attached hydrogen (secondary N) is 1. The fourth-order valence-corrected chi connectivity index (χ4v) is 2.82.